The van der Waals surface area contributed by atoms with Crippen LogP contribution in [0.4, 0.5) is 5.82 Å². The molecule has 0 aliphatic heterocycles. The lowest BCUT2D eigenvalue weighted by molar-refractivity contribution is 0.775. The summed E-state index contributed by atoms with van der Waals surface area (Å²) >= 11 is 0. The van der Waals surface area contributed by atoms with Crippen LogP contribution in [0.15, 0.2) is 12.1 Å². The van der Waals surface area contributed by atoms with Gasteiger partial charge in [-0.05, 0) is 31.9 Å². The largest absolute Gasteiger partial charge is 0.357 e. The van der Waals surface area contributed by atoms with E-state index in [1.165, 1.54) is 0 Å². The number of hydrogen-bond acceptors (Lipinski definition) is 3. The van der Waals surface area contributed by atoms with E-state index in [2.05, 4.69) is 35.9 Å². The van der Waals surface area contributed by atoms with Crippen molar-refractivity contribution in [1.82, 2.24) is 4.98 Å². The number of nitrogens with zero attached hydrogens (tertiary/aromatic N) is 2. The van der Waals surface area contributed by atoms with Crippen molar-refractivity contribution in [1.29, 1.82) is 0 Å². The Labute approximate surface area is 92.3 Å². The summed E-state index contributed by atoms with van der Waals surface area (Å²) in [6.45, 7) is 8.99. The third kappa shape index (κ3) is 2.93. The second kappa shape index (κ2) is 5.71. The molecule has 0 aliphatic rings. The molecule has 15 heavy (non-hydrogen) atoms. The molecule has 2 N–H and O–H groups in total. The van der Waals surface area contributed by atoms with Gasteiger partial charge < -0.3 is 10.6 Å². The molecule has 0 bridgehead atoms. The second-order valence-electron chi connectivity index (χ2n) is 3.70. The van der Waals surface area contributed by atoms with Gasteiger partial charge in [0.25, 0.3) is 0 Å². The van der Waals surface area contributed by atoms with Crippen LogP contribution >= 0.6 is 0 Å². The van der Waals surface area contributed by atoms with Crippen molar-refractivity contribution in [2.45, 2.75) is 33.7 Å². The number of anilines is 1. The van der Waals surface area contributed by atoms with Crippen LogP contribution in [-0.2, 0) is 6.54 Å². The maximum absolute atomic E-state index is 5.61. The van der Waals surface area contributed by atoms with Gasteiger partial charge in [0, 0.05) is 25.3 Å². The van der Waals surface area contributed by atoms with Crippen LogP contribution in [0.3, 0.4) is 0 Å². The maximum atomic E-state index is 5.61. The molecule has 0 aromatic carbocycles. The molecule has 3 heteroatoms. The lowest BCUT2D eigenvalue weighted by Crippen LogP contribution is -2.24. The van der Waals surface area contributed by atoms with Crippen molar-refractivity contribution in [2.24, 2.45) is 5.73 Å². The van der Waals surface area contributed by atoms with E-state index in [0.29, 0.717) is 6.54 Å². The summed E-state index contributed by atoms with van der Waals surface area (Å²) in [7, 11) is 0. The molecule has 0 unspecified atom stereocenters. The third-order valence-corrected chi connectivity index (χ3v) is 2.60. The highest BCUT2D eigenvalue weighted by molar-refractivity contribution is 5.41. The molecule has 1 aromatic rings. The van der Waals surface area contributed by atoms with Gasteiger partial charge in [-0.2, -0.15) is 0 Å². The Morgan fingerprint density at radius 2 is 2.07 bits per heavy atom. The van der Waals surface area contributed by atoms with Crippen molar-refractivity contribution in [3.63, 3.8) is 0 Å². The summed E-state index contributed by atoms with van der Waals surface area (Å²) in [5, 5.41) is 0. The van der Waals surface area contributed by atoms with Crippen LogP contribution < -0.4 is 10.6 Å². The topological polar surface area (TPSA) is 42.1 Å². The zero-order valence-corrected chi connectivity index (χ0v) is 9.95. The zero-order chi connectivity index (χ0) is 11.3. The van der Waals surface area contributed by atoms with Crippen LogP contribution in [0, 0.1) is 6.92 Å². The predicted octanol–water partition coefficient (Wildman–Crippen LogP) is 2.09. The summed E-state index contributed by atoms with van der Waals surface area (Å²) in [5.41, 5.74) is 7.79. The standard InChI is InChI=1S/C12H21N3/c1-4-8-15(5-2)12-7-6-11(9-13)10(3)14-12/h6-7H,4-5,8-9,13H2,1-3H3. The van der Waals surface area contributed by atoms with Crippen LogP contribution in [0.1, 0.15) is 31.5 Å². The third-order valence-electron chi connectivity index (χ3n) is 2.60. The highest BCUT2D eigenvalue weighted by Crippen LogP contribution is 2.14. The van der Waals surface area contributed by atoms with Gasteiger partial charge in [-0.15, -0.1) is 0 Å². The molecule has 0 aliphatic carbocycles. The maximum Gasteiger partial charge on any atom is 0.128 e. The molecule has 0 atom stereocenters. The zero-order valence-electron chi connectivity index (χ0n) is 9.95. The summed E-state index contributed by atoms with van der Waals surface area (Å²) in [5.74, 6) is 1.06. The van der Waals surface area contributed by atoms with Crippen LogP contribution in [-0.4, -0.2) is 18.1 Å². The van der Waals surface area contributed by atoms with E-state index in [4.69, 9.17) is 5.73 Å². The van der Waals surface area contributed by atoms with Crippen LogP contribution in [0.2, 0.25) is 0 Å². The summed E-state index contributed by atoms with van der Waals surface area (Å²) in [6.07, 6.45) is 1.15. The quantitative estimate of drug-likeness (QED) is 0.804. The predicted molar refractivity (Wildman–Crippen MR) is 65.0 cm³/mol. The van der Waals surface area contributed by atoms with E-state index < -0.39 is 0 Å². The fraction of sp³-hybridized carbons (Fsp3) is 0.583. The second-order valence-corrected chi connectivity index (χ2v) is 3.70. The van der Waals surface area contributed by atoms with Gasteiger partial charge in [0.2, 0.25) is 0 Å². The highest BCUT2D eigenvalue weighted by atomic mass is 15.2. The van der Waals surface area contributed by atoms with E-state index in [-0.39, 0.29) is 0 Å². The van der Waals surface area contributed by atoms with E-state index in [0.717, 1.165) is 36.6 Å². The smallest absolute Gasteiger partial charge is 0.128 e. The fourth-order valence-corrected chi connectivity index (χ4v) is 1.67. The molecule has 0 fully saturated rings. The Morgan fingerprint density at radius 1 is 1.33 bits per heavy atom. The highest BCUT2D eigenvalue weighted by Gasteiger charge is 2.06. The molecular formula is C12H21N3. The molecule has 1 rings (SSSR count). The molecule has 0 radical (unpaired) electrons. The van der Waals surface area contributed by atoms with Crippen molar-refractivity contribution >= 4 is 5.82 Å². The molecule has 0 saturated carbocycles. The number of aromatic nitrogens is 1. The first-order chi connectivity index (χ1) is 7.22. The van der Waals surface area contributed by atoms with Crippen LogP contribution in [0.5, 0.6) is 0 Å². The van der Waals surface area contributed by atoms with Gasteiger partial charge in [0.15, 0.2) is 0 Å². The fourth-order valence-electron chi connectivity index (χ4n) is 1.67. The average Bonchev–Trinajstić information content (AvgIpc) is 2.25. The first kappa shape index (κ1) is 12.0. The Balaban J connectivity index is 2.89. The van der Waals surface area contributed by atoms with Gasteiger partial charge in [-0.25, -0.2) is 4.98 Å². The van der Waals surface area contributed by atoms with Gasteiger partial charge in [-0.1, -0.05) is 13.0 Å². The molecular weight excluding hydrogens is 186 g/mol. The summed E-state index contributed by atoms with van der Waals surface area (Å²) < 4.78 is 0. The molecule has 0 amide bonds. The normalized spacial score (nSPS) is 10.4. The van der Waals surface area contributed by atoms with Gasteiger partial charge >= 0.3 is 0 Å². The van der Waals surface area contributed by atoms with Crippen molar-refractivity contribution in [3.05, 3.63) is 23.4 Å². The molecule has 84 valence electrons. The molecule has 1 aromatic heterocycles. The van der Waals surface area contributed by atoms with E-state index >= 15 is 0 Å². The minimum absolute atomic E-state index is 0.568. The lowest BCUT2D eigenvalue weighted by atomic mass is 10.2. The number of aryl methyl sites for hydroxylation is 1. The lowest BCUT2D eigenvalue weighted by Gasteiger charge is -2.22. The van der Waals surface area contributed by atoms with E-state index in [1.54, 1.807) is 0 Å². The minimum atomic E-state index is 0.568. The number of rotatable bonds is 5. The van der Waals surface area contributed by atoms with Gasteiger partial charge in [0.1, 0.15) is 5.82 Å². The number of pyridine rings is 1. The molecule has 0 spiro atoms. The number of hydrogen-bond donors (Lipinski definition) is 1. The monoisotopic (exact) mass is 207 g/mol. The number of nitrogens with two attached hydrogens (primary N) is 1. The van der Waals surface area contributed by atoms with Crippen molar-refractivity contribution in [3.8, 4) is 0 Å². The average molecular weight is 207 g/mol. The van der Waals surface area contributed by atoms with Crippen LogP contribution in [0.25, 0.3) is 0 Å². The first-order valence-corrected chi connectivity index (χ1v) is 5.64. The molecule has 3 nitrogen and oxygen atoms in total. The van der Waals surface area contributed by atoms with E-state index in [9.17, 15) is 0 Å². The Kier molecular flexibility index (Phi) is 4.56. The minimum Gasteiger partial charge on any atom is -0.357 e. The molecule has 0 saturated heterocycles. The Morgan fingerprint density at radius 3 is 2.53 bits per heavy atom. The summed E-state index contributed by atoms with van der Waals surface area (Å²) in [6, 6.07) is 4.14. The van der Waals surface area contributed by atoms with Crippen molar-refractivity contribution < 1.29 is 0 Å². The Bertz CT molecular complexity index is 310. The van der Waals surface area contributed by atoms with Gasteiger partial charge in [0.05, 0.1) is 0 Å². The van der Waals surface area contributed by atoms with E-state index in [1.807, 2.05) is 6.92 Å². The Hall–Kier alpha value is -1.09. The summed E-state index contributed by atoms with van der Waals surface area (Å²) in [4.78, 5) is 6.86. The SMILES string of the molecule is CCCN(CC)c1ccc(CN)c(C)n1. The first-order valence-electron chi connectivity index (χ1n) is 5.64. The van der Waals surface area contributed by atoms with Gasteiger partial charge in [-0.3, -0.25) is 0 Å². The molecule has 1 heterocycles. The van der Waals surface area contributed by atoms with Crippen molar-refractivity contribution in [2.75, 3.05) is 18.0 Å².